The summed E-state index contributed by atoms with van der Waals surface area (Å²) in [5, 5.41) is 0. The molecule has 2 aliphatic rings. The van der Waals surface area contributed by atoms with Gasteiger partial charge in [0.15, 0.2) is 0 Å². The SMILES string of the molecule is CN1CCC2=NC(C)(Br)C(N)C=C2C1. The summed E-state index contributed by atoms with van der Waals surface area (Å²) < 4.78 is -0.304. The molecule has 1 fully saturated rings. The Morgan fingerprint density at radius 2 is 2.43 bits per heavy atom. The van der Waals surface area contributed by atoms with Gasteiger partial charge in [-0.25, -0.2) is 0 Å². The fourth-order valence-corrected chi connectivity index (χ4v) is 2.25. The molecule has 2 heterocycles. The summed E-state index contributed by atoms with van der Waals surface area (Å²) in [6.45, 7) is 4.10. The summed E-state index contributed by atoms with van der Waals surface area (Å²) in [7, 11) is 2.13. The number of hydrogen-bond acceptors (Lipinski definition) is 3. The van der Waals surface area contributed by atoms with Crippen molar-refractivity contribution < 1.29 is 0 Å². The second-order valence-electron chi connectivity index (χ2n) is 4.29. The summed E-state index contributed by atoms with van der Waals surface area (Å²) >= 11 is 3.56. The van der Waals surface area contributed by atoms with Crippen molar-refractivity contribution in [2.45, 2.75) is 23.8 Å². The first-order valence-corrected chi connectivity index (χ1v) is 5.71. The lowest BCUT2D eigenvalue weighted by Crippen LogP contribution is -2.45. The van der Waals surface area contributed by atoms with E-state index in [4.69, 9.17) is 5.73 Å². The van der Waals surface area contributed by atoms with Crippen LogP contribution in [0.3, 0.4) is 0 Å². The zero-order valence-corrected chi connectivity index (χ0v) is 10.2. The summed E-state index contributed by atoms with van der Waals surface area (Å²) in [4.78, 5) is 6.97. The molecule has 0 radical (unpaired) electrons. The van der Waals surface area contributed by atoms with E-state index in [1.54, 1.807) is 0 Å². The third kappa shape index (κ3) is 1.78. The highest BCUT2D eigenvalue weighted by atomic mass is 79.9. The lowest BCUT2D eigenvalue weighted by Gasteiger charge is -2.35. The van der Waals surface area contributed by atoms with Crippen molar-refractivity contribution in [1.82, 2.24) is 4.90 Å². The van der Waals surface area contributed by atoms with Crippen LogP contribution in [0.2, 0.25) is 0 Å². The minimum absolute atomic E-state index is 0.0206. The number of aliphatic imine (C=N–C) groups is 1. The summed E-state index contributed by atoms with van der Waals surface area (Å²) in [6.07, 6.45) is 3.18. The Balaban J connectivity index is 2.28. The van der Waals surface area contributed by atoms with E-state index < -0.39 is 0 Å². The average molecular weight is 258 g/mol. The van der Waals surface area contributed by atoms with Crippen molar-refractivity contribution in [3.63, 3.8) is 0 Å². The molecule has 0 aromatic carbocycles. The van der Waals surface area contributed by atoms with Gasteiger partial charge in [0.25, 0.3) is 0 Å². The van der Waals surface area contributed by atoms with E-state index in [-0.39, 0.29) is 10.5 Å². The Morgan fingerprint density at radius 1 is 1.71 bits per heavy atom. The number of rotatable bonds is 0. The van der Waals surface area contributed by atoms with E-state index >= 15 is 0 Å². The van der Waals surface area contributed by atoms with Crippen molar-refractivity contribution in [3.05, 3.63) is 11.6 Å². The van der Waals surface area contributed by atoms with Crippen LogP contribution in [0, 0.1) is 0 Å². The zero-order valence-electron chi connectivity index (χ0n) is 8.63. The number of dihydropyridines is 1. The molecular weight excluding hydrogens is 242 g/mol. The summed E-state index contributed by atoms with van der Waals surface area (Å²) in [5.74, 6) is 0. The van der Waals surface area contributed by atoms with Gasteiger partial charge in [-0.1, -0.05) is 22.0 Å². The van der Waals surface area contributed by atoms with Crippen LogP contribution >= 0.6 is 15.9 Å². The molecule has 2 N–H and O–H groups in total. The predicted octanol–water partition coefficient (Wildman–Crippen LogP) is 1.14. The molecule has 2 unspecified atom stereocenters. The first kappa shape index (κ1) is 10.3. The van der Waals surface area contributed by atoms with E-state index in [1.165, 1.54) is 11.3 Å². The van der Waals surface area contributed by atoms with Crippen LogP contribution in [-0.4, -0.2) is 41.2 Å². The molecule has 0 aromatic rings. The van der Waals surface area contributed by atoms with E-state index in [9.17, 15) is 0 Å². The van der Waals surface area contributed by atoms with E-state index in [2.05, 4.69) is 38.9 Å². The molecule has 2 aliphatic heterocycles. The van der Waals surface area contributed by atoms with Crippen molar-refractivity contribution >= 4 is 21.6 Å². The summed E-state index contributed by atoms with van der Waals surface area (Å²) in [6, 6.07) is -0.0206. The van der Waals surface area contributed by atoms with Gasteiger partial charge in [-0.3, -0.25) is 4.99 Å². The highest BCUT2D eigenvalue weighted by Gasteiger charge is 2.33. The molecule has 0 aliphatic carbocycles. The van der Waals surface area contributed by atoms with Crippen molar-refractivity contribution in [1.29, 1.82) is 0 Å². The van der Waals surface area contributed by atoms with Crippen LogP contribution in [0.1, 0.15) is 13.3 Å². The lowest BCUT2D eigenvalue weighted by molar-refractivity contribution is 0.360. The predicted molar refractivity (Wildman–Crippen MR) is 62.9 cm³/mol. The minimum Gasteiger partial charge on any atom is -0.322 e. The largest absolute Gasteiger partial charge is 0.322 e. The molecule has 0 spiro atoms. The second-order valence-corrected chi connectivity index (χ2v) is 5.89. The lowest BCUT2D eigenvalue weighted by atomic mass is 9.94. The van der Waals surface area contributed by atoms with Gasteiger partial charge in [0.1, 0.15) is 4.45 Å². The number of alkyl halides is 1. The van der Waals surface area contributed by atoms with Gasteiger partial charge in [0.2, 0.25) is 0 Å². The molecule has 14 heavy (non-hydrogen) atoms. The molecule has 3 nitrogen and oxygen atoms in total. The highest BCUT2D eigenvalue weighted by Crippen LogP contribution is 2.31. The van der Waals surface area contributed by atoms with E-state index in [0.717, 1.165) is 19.5 Å². The van der Waals surface area contributed by atoms with Gasteiger partial charge in [-0.15, -0.1) is 0 Å². The van der Waals surface area contributed by atoms with E-state index in [1.807, 2.05) is 6.92 Å². The highest BCUT2D eigenvalue weighted by molar-refractivity contribution is 9.10. The monoisotopic (exact) mass is 257 g/mol. The Morgan fingerprint density at radius 3 is 3.14 bits per heavy atom. The number of hydrogen-bond donors (Lipinski definition) is 1. The molecule has 0 aromatic heterocycles. The molecule has 2 atom stereocenters. The summed E-state index contributed by atoms with van der Waals surface area (Å²) in [5.41, 5.74) is 8.55. The van der Waals surface area contributed by atoms with Gasteiger partial charge in [-0.05, 0) is 19.5 Å². The Bertz CT molecular complexity index is 306. The fourth-order valence-electron chi connectivity index (χ4n) is 1.90. The quantitative estimate of drug-likeness (QED) is 0.523. The van der Waals surface area contributed by atoms with Crippen LogP contribution in [0.5, 0.6) is 0 Å². The number of likely N-dealkylation sites (tertiary alicyclic amines) is 1. The number of halogens is 1. The topological polar surface area (TPSA) is 41.6 Å². The van der Waals surface area contributed by atoms with Crippen LogP contribution in [0.4, 0.5) is 0 Å². The van der Waals surface area contributed by atoms with Crippen molar-refractivity contribution in [2.75, 3.05) is 20.1 Å². The molecule has 0 bridgehead atoms. The maximum absolute atomic E-state index is 6.02. The van der Waals surface area contributed by atoms with Gasteiger partial charge in [-0.2, -0.15) is 0 Å². The molecule has 0 saturated carbocycles. The first-order chi connectivity index (χ1) is 6.49. The number of fused-ring (bicyclic) bond motifs is 1. The molecule has 4 heteroatoms. The third-order valence-electron chi connectivity index (χ3n) is 2.88. The Kier molecular flexibility index (Phi) is 2.53. The van der Waals surface area contributed by atoms with Gasteiger partial charge in [0.05, 0.1) is 6.04 Å². The zero-order chi connectivity index (χ0) is 10.3. The van der Waals surface area contributed by atoms with Crippen LogP contribution in [0.15, 0.2) is 16.6 Å². The molecular formula is C10H16BrN3. The number of nitrogens with zero attached hydrogens (tertiary/aromatic N) is 2. The Hall–Kier alpha value is -0.190. The number of likely N-dealkylation sites (N-methyl/N-ethyl adjacent to an activating group) is 1. The number of piperidine rings is 1. The third-order valence-corrected chi connectivity index (χ3v) is 3.59. The normalized spacial score (nSPS) is 38.7. The van der Waals surface area contributed by atoms with Crippen LogP contribution in [0.25, 0.3) is 0 Å². The maximum atomic E-state index is 6.02. The van der Waals surface area contributed by atoms with Crippen LogP contribution in [-0.2, 0) is 0 Å². The van der Waals surface area contributed by atoms with Gasteiger partial charge >= 0.3 is 0 Å². The molecule has 0 amide bonds. The first-order valence-electron chi connectivity index (χ1n) is 4.92. The number of nitrogens with two attached hydrogens (primary N) is 1. The van der Waals surface area contributed by atoms with Gasteiger partial charge in [0, 0.05) is 25.2 Å². The standard InChI is InChI=1S/C10H16BrN3/c1-10(11)9(12)5-7-6-14(2)4-3-8(7)13-10/h5,9H,3-4,6,12H2,1-2H3. The Labute approximate surface area is 93.2 Å². The fraction of sp³-hybridized carbons (Fsp3) is 0.700. The van der Waals surface area contributed by atoms with Gasteiger partial charge < -0.3 is 10.6 Å². The van der Waals surface area contributed by atoms with Crippen LogP contribution < -0.4 is 5.73 Å². The van der Waals surface area contributed by atoms with Crippen molar-refractivity contribution in [3.8, 4) is 0 Å². The van der Waals surface area contributed by atoms with Crippen molar-refractivity contribution in [2.24, 2.45) is 10.7 Å². The average Bonchev–Trinajstić information content (AvgIpc) is 2.08. The molecule has 2 rings (SSSR count). The second kappa shape index (κ2) is 3.43. The maximum Gasteiger partial charge on any atom is 0.131 e. The smallest absolute Gasteiger partial charge is 0.131 e. The molecule has 1 saturated heterocycles. The molecule has 78 valence electrons. The minimum atomic E-state index is -0.304. The van der Waals surface area contributed by atoms with E-state index in [0.29, 0.717) is 0 Å².